The van der Waals surface area contributed by atoms with Crippen molar-refractivity contribution in [1.82, 2.24) is 15.1 Å². The Hall–Kier alpha value is -2.57. The van der Waals surface area contributed by atoms with Gasteiger partial charge in [0.15, 0.2) is 5.78 Å². The number of amides is 4. The van der Waals surface area contributed by atoms with E-state index in [0.717, 1.165) is 19.3 Å². The molecule has 134 valence electrons. The number of ketones is 1. The third-order valence-corrected chi connectivity index (χ3v) is 4.62. The first kappa shape index (κ1) is 17.3. The molecule has 2 saturated heterocycles. The smallest absolute Gasteiger partial charge is 0.326 e. The molecule has 4 amide bonds. The Morgan fingerprint density at radius 3 is 2.44 bits per heavy atom. The Balaban J connectivity index is 1.53. The molecule has 1 atom stereocenters. The molecule has 2 aliphatic heterocycles. The summed E-state index contributed by atoms with van der Waals surface area (Å²) < 4.78 is 5.49. The summed E-state index contributed by atoms with van der Waals surface area (Å²) in [6, 6.07) is 7.69. The molecule has 2 aliphatic rings. The highest BCUT2D eigenvalue weighted by molar-refractivity contribution is 5.96. The molecule has 0 bridgehead atoms. The Kier molecular flexibility index (Phi) is 5.53. The van der Waals surface area contributed by atoms with Gasteiger partial charge < -0.3 is 14.5 Å². The predicted octanol–water partition coefficient (Wildman–Crippen LogP) is 2.02. The van der Waals surface area contributed by atoms with Gasteiger partial charge in [-0.2, -0.15) is 0 Å². The summed E-state index contributed by atoms with van der Waals surface area (Å²) in [5.74, 6) is 0.471. The van der Waals surface area contributed by atoms with E-state index in [0.29, 0.717) is 31.8 Å². The number of urea groups is 2. The maximum Gasteiger partial charge on any atom is 0.326 e. The quantitative estimate of drug-likeness (QED) is 0.905. The fraction of sp³-hybridized carbons (Fsp3) is 0.500. The Morgan fingerprint density at radius 2 is 1.72 bits per heavy atom. The van der Waals surface area contributed by atoms with Crippen LogP contribution in [0.3, 0.4) is 0 Å². The zero-order chi connectivity index (χ0) is 17.6. The van der Waals surface area contributed by atoms with E-state index in [1.165, 1.54) is 4.90 Å². The van der Waals surface area contributed by atoms with E-state index >= 15 is 0 Å². The first-order valence-corrected chi connectivity index (χ1v) is 8.72. The number of carbonyl (C=O) groups is 3. The Bertz CT molecular complexity index is 628. The number of benzene rings is 1. The van der Waals surface area contributed by atoms with Crippen molar-refractivity contribution in [1.29, 1.82) is 0 Å². The van der Waals surface area contributed by atoms with Gasteiger partial charge >= 0.3 is 12.1 Å². The van der Waals surface area contributed by atoms with E-state index in [2.05, 4.69) is 5.32 Å². The number of para-hydroxylation sites is 1. The summed E-state index contributed by atoms with van der Waals surface area (Å²) in [5.41, 5.74) is 0. The molecule has 1 N–H and O–H groups in total. The highest BCUT2D eigenvalue weighted by Crippen LogP contribution is 2.19. The van der Waals surface area contributed by atoms with Crippen LogP contribution in [-0.2, 0) is 4.79 Å². The van der Waals surface area contributed by atoms with Crippen molar-refractivity contribution >= 4 is 17.8 Å². The van der Waals surface area contributed by atoms with Crippen molar-refractivity contribution in [3.05, 3.63) is 30.3 Å². The van der Waals surface area contributed by atoms with E-state index in [1.54, 1.807) is 17.0 Å². The third-order valence-electron chi connectivity index (χ3n) is 4.62. The van der Waals surface area contributed by atoms with E-state index in [-0.39, 0.29) is 18.4 Å². The van der Waals surface area contributed by atoms with Crippen LogP contribution in [0.15, 0.2) is 30.3 Å². The van der Waals surface area contributed by atoms with Crippen molar-refractivity contribution in [3.63, 3.8) is 0 Å². The van der Waals surface area contributed by atoms with Crippen molar-refractivity contribution in [2.75, 3.05) is 26.2 Å². The van der Waals surface area contributed by atoms with Gasteiger partial charge in [0.2, 0.25) is 0 Å². The van der Waals surface area contributed by atoms with Gasteiger partial charge in [-0.15, -0.1) is 0 Å². The van der Waals surface area contributed by atoms with Crippen LogP contribution >= 0.6 is 0 Å². The first-order valence-electron chi connectivity index (χ1n) is 8.72. The number of rotatable bonds is 4. The fourth-order valence-corrected chi connectivity index (χ4v) is 3.27. The van der Waals surface area contributed by atoms with Gasteiger partial charge in [-0.05, 0) is 37.8 Å². The van der Waals surface area contributed by atoms with Crippen molar-refractivity contribution in [2.24, 2.45) is 0 Å². The SMILES string of the molecule is O=C(COc1ccccc1)[C@@H]1CCCN1C(=O)NC(=O)N1CCCC1. The van der Waals surface area contributed by atoms with Gasteiger partial charge in [0, 0.05) is 19.6 Å². The predicted molar refractivity (Wildman–Crippen MR) is 91.4 cm³/mol. The molecule has 0 aromatic heterocycles. The second-order valence-corrected chi connectivity index (χ2v) is 6.35. The minimum atomic E-state index is -0.532. The number of nitrogens with zero attached hydrogens (tertiary/aromatic N) is 2. The lowest BCUT2D eigenvalue weighted by Gasteiger charge is -2.25. The lowest BCUT2D eigenvalue weighted by molar-refractivity contribution is -0.124. The molecule has 0 radical (unpaired) electrons. The number of likely N-dealkylation sites (tertiary alicyclic amines) is 2. The maximum atomic E-state index is 12.4. The average Bonchev–Trinajstić information content (AvgIpc) is 3.31. The summed E-state index contributed by atoms with van der Waals surface area (Å²) in [4.78, 5) is 39.9. The number of imide groups is 1. The molecule has 3 rings (SSSR count). The van der Waals surface area contributed by atoms with E-state index < -0.39 is 12.1 Å². The summed E-state index contributed by atoms with van der Waals surface area (Å²) in [5, 5.41) is 2.40. The highest BCUT2D eigenvalue weighted by atomic mass is 16.5. The number of carbonyl (C=O) groups excluding carboxylic acids is 3. The van der Waals surface area contributed by atoms with Gasteiger partial charge in [-0.1, -0.05) is 18.2 Å². The molecule has 1 aromatic carbocycles. The molecule has 0 unspecified atom stereocenters. The maximum absolute atomic E-state index is 12.4. The summed E-state index contributed by atoms with van der Waals surface area (Å²) in [6.45, 7) is 1.73. The van der Waals surface area contributed by atoms with Crippen LogP contribution in [0.1, 0.15) is 25.7 Å². The molecule has 1 aromatic rings. The molecule has 7 heteroatoms. The minimum Gasteiger partial charge on any atom is -0.486 e. The lowest BCUT2D eigenvalue weighted by Crippen LogP contribution is -2.51. The van der Waals surface area contributed by atoms with Gasteiger partial charge in [0.25, 0.3) is 0 Å². The Morgan fingerprint density at radius 1 is 1.00 bits per heavy atom. The topological polar surface area (TPSA) is 79.0 Å². The fourth-order valence-electron chi connectivity index (χ4n) is 3.27. The summed E-state index contributed by atoms with van der Waals surface area (Å²) in [7, 11) is 0. The molecular formula is C18H23N3O4. The van der Waals surface area contributed by atoms with Crippen LogP contribution in [0.5, 0.6) is 5.75 Å². The number of ether oxygens (including phenoxy) is 1. The Labute approximate surface area is 146 Å². The number of hydrogen-bond donors (Lipinski definition) is 1. The monoisotopic (exact) mass is 345 g/mol. The molecule has 2 heterocycles. The van der Waals surface area contributed by atoms with Gasteiger partial charge in [-0.25, -0.2) is 9.59 Å². The van der Waals surface area contributed by atoms with E-state index in [9.17, 15) is 14.4 Å². The molecule has 7 nitrogen and oxygen atoms in total. The van der Waals surface area contributed by atoms with Crippen LogP contribution in [0.2, 0.25) is 0 Å². The molecule has 2 fully saturated rings. The zero-order valence-electron chi connectivity index (χ0n) is 14.1. The number of nitrogens with one attached hydrogen (secondary N) is 1. The van der Waals surface area contributed by atoms with Crippen LogP contribution in [0.25, 0.3) is 0 Å². The van der Waals surface area contributed by atoms with Crippen LogP contribution in [-0.4, -0.2) is 59.9 Å². The molecule has 25 heavy (non-hydrogen) atoms. The first-order chi connectivity index (χ1) is 12.1. The summed E-state index contributed by atoms with van der Waals surface area (Å²) >= 11 is 0. The van der Waals surface area contributed by atoms with Gasteiger partial charge in [-0.3, -0.25) is 10.1 Å². The van der Waals surface area contributed by atoms with Gasteiger partial charge in [0.1, 0.15) is 12.4 Å². The van der Waals surface area contributed by atoms with Crippen LogP contribution in [0.4, 0.5) is 9.59 Å². The number of Topliss-reactive ketones (excluding diaryl/α,β-unsaturated/α-hetero) is 1. The standard InChI is InChI=1S/C18H23N3O4/c22-16(13-25-14-7-2-1-3-8-14)15-9-6-12-21(15)18(24)19-17(23)20-10-4-5-11-20/h1-3,7-8,15H,4-6,9-13H2,(H,19,23,24)/t15-/m0/s1. The van der Waals surface area contributed by atoms with Gasteiger partial charge in [0.05, 0.1) is 6.04 Å². The zero-order valence-corrected chi connectivity index (χ0v) is 14.1. The molecular weight excluding hydrogens is 322 g/mol. The van der Waals surface area contributed by atoms with Crippen LogP contribution < -0.4 is 10.1 Å². The lowest BCUT2D eigenvalue weighted by atomic mass is 10.1. The summed E-state index contributed by atoms with van der Waals surface area (Å²) in [6.07, 6.45) is 3.27. The second kappa shape index (κ2) is 8.00. The van der Waals surface area contributed by atoms with Crippen molar-refractivity contribution in [3.8, 4) is 5.75 Å². The highest BCUT2D eigenvalue weighted by Gasteiger charge is 2.35. The molecule has 0 saturated carbocycles. The van der Waals surface area contributed by atoms with E-state index in [1.807, 2.05) is 18.2 Å². The van der Waals surface area contributed by atoms with E-state index in [4.69, 9.17) is 4.74 Å². The largest absolute Gasteiger partial charge is 0.486 e. The second-order valence-electron chi connectivity index (χ2n) is 6.35. The minimum absolute atomic E-state index is 0.0848. The molecule has 0 spiro atoms. The number of hydrogen-bond acceptors (Lipinski definition) is 4. The van der Waals surface area contributed by atoms with Crippen molar-refractivity contribution in [2.45, 2.75) is 31.7 Å². The van der Waals surface area contributed by atoms with Crippen molar-refractivity contribution < 1.29 is 19.1 Å². The normalized spacial score (nSPS) is 19.8. The molecule has 0 aliphatic carbocycles. The third kappa shape index (κ3) is 4.29. The average molecular weight is 345 g/mol. The van der Waals surface area contributed by atoms with Crippen LogP contribution in [0, 0.1) is 0 Å².